The minimum absolute atomic E-state index is 0.0249. The zero-order valence-corrected chi connectivity index (χ0v) is 16.7. The Balaban J connectivity index is 1.42. The molecule has 1 saturated heterocycles. The first-order valence-electron chi connectivity index (χ1n) is 11.2. The summed E-state index contributed by atoms with van der Waals surface area (Å²) < 4.78 is 5.43. The molecule has 1 aliphatic heterocycles. The van der Waals surface area contributed by atoms with Crippen LogP contribution in [0.25, 0.3) is 0 Å². The number of rotatable bonds is 2. The van der Waals surface area contributed by atoms with Gasteiger partial charge in [0.2, 0.25) is 5.91 Å². The van der Waals surface area contributed by atoms with Crippen LogP contribution >= 0.6 is 0 Å². The average Bonchev–Trinajstić information content (AvgIpc) is 3.17. The van der Waals surface area contributed by atoms with Crippen molar-refractivity contribution < 1.29 is 9.53 Å². The van der Waals surface area contributed by atoms with E-state index in [4.69, 9.17) is 4.74 Å². The average molecular weight is 368 g/mol. The molecule has 3 heteroatoms. The lowest BCUT2D eigenvalue weighted by atomic mass is 9.57. The fourth-order valence-corrected chi connectivity index (χ4v) is 6.73. The zero-order chi connectivity index (χ0) is 18.4. The first-order chi connectivity index (χ1) is 13.2. The smallest absolute Gasteiger partial charge is 0.229 e. The third kappa shape index (κ3) is 3.03. The van der Waals surface area contributed by atoms with Crippen LogP contribution in [0.4, 0.5) is 0 Å². The highest BCUT2D eigenvalue weighted by molar-refractivity contribution is 5.83. The van der Waals surface area contributed by atoms with Gasteiger partial charge in [0.25, 0.3) is 0 Å². The number of carbonyl (C=O) groups excluding carboxylic acids is 1. The number of carbonyl (C=O) groups is 1. The van der Waals surface area contributed by atoms with Crippen LogP contribution in [0.1, 0.15) is 51.9 Å². The van der Waals surface area contributed by atoms with Gasteiger partial charge in [-0.1, -0.05) is 37.5 Å². The predicted molar refractivity (Wildman–Crippen MR) is 107 cm³/mol. The van der Waals surface area contributed by atoms with Crippen molar-refractivity contribution in [2.45, 2.75) is 51.9 Å². The molecule has 0 radical (unpaired) electrons. The molecule has 2 saturated carbocycles. The van der Waals surface area contributed by atoms with E-state index in [-0.39, 0.29) is 5.92 Å². The molecule has 0 aromatic carbocycles. The molecule has 27 heavy (non-hydrogen) atoms. The Morgan fingerprint density at radius 1 is 1.07 bits per heavy atom. The molecule has 5 unspecified atom stereocenters. The number of nitrogens with zero attached hydrogens (tertiary/aromatic N) is 1. The van der Waals surface area contributed by atoms with Crippen molar-refractivity contribution in [1.29, 1.82) is 0 Å². The Kier molecular flexibility index (Phi) is 4.75. The third-order valence-corrected chi connectivity index (χ3v) is 8.09. The summed E-state index contributed by atoms with van der Waals surface area (Å²) in [5.41, 5.74) is 4.30. The van der Waals surface area contributed by atoms with Crippen LogP contribution in [-0.4, -0.2) is 37.1 Å². The number of allylic oxidation sites excluding steroid dienone is 5. The van der Waals surface area contributed by atoms with E-state index in [0.717, 1.165) is 30.8 Å². The van der Waals surface area contributed by atoms with Gasteiger partial charge >= 0.3 is 0 Å². The molecule has 0 aromatic rings. The normalized spacial score (nSPS) is 36.6. The summed E-state index contributed by atoms with van der Waals surface area (Å²) in [5.74, 6) is 3.68. The van der Waals surface area contributed by atoms with E-state index in [1.54, 1.807) is 5.57 Å². The summed E-state index contributed by atoms with van der Waals surface area (Å²) in [7, 11) is 0. The van der Waals surface area contributed by atoms with Gasteiger partial charge in [0.1, 0.15) is 0 Å². The van der Waals surface area contributed by atoms with E-state index < -0.39 is 0 Å². The lowest BCUT2D eigenvalue weighted by Crippen LogP contribution is -2.44. The second-order valence-corrected chi connectivity index (χ2v) is 9.31. The van der Waals surface area contributed by atoms with Crippen LogP contribution in [0, 0.1) is 29.6 Å². The van der Waals surface area contributed by atoms with Crippen molar-refractivity contribution in [3.8, 4) is 0 Å². The van der Waals surface area contributed by atoms with Crippen molar-refractivity contribution in [3.63, 3.8) is 0 Å². The standard InChI is InChI=1S/C24H33NO2/c1-16(24(26)25-12-14-27-15-13-25)19-9-7-18-8-10-21-20-5-3-2-4-17(20)6-11-22(21)23(18)19/h7-9,16-17,20-22H,2-6,10-15H2,1H3. The highest BCUT2D eigenvalue weighted by Crippen LogP contribution is 2.55. The van der Waals surface area contributed by atoms with Crippen molar-refractivity contribution >= 4 is 5.91 Å². The Morgan fingerprint density at radius 3 is 2.74 bits per heavy atom. The SMILES string of the molecule is CC(C(=O)N1CCOCC1)C1=C2C(=CCC3C2CCC2CCCCC23)C=C1. The molecular formula is C24H33NO2. The van der Waals surface area contributed by atoms with Gasteiger partial charge in [-0.25, -0.2) is 0 Å². The highest BCUT2D eigenvalue weighted by Gasteiger charge is 2.45. The lowest BCUT2D eigenvalue weighted by molar-refractivity contribution is -0.137. The Morgan fingerprint density at radius 2 is 1.89 bits per heavy atom. The van der Waals surface area contributed by atoms with Crippen molar-refractivity contribution in [3.05, 3.63) is 34.9 Å². The highest BCUT2D eigenvalue weighted by atomic mass is 16.5. The van der Waals surface area contributed by atoms with Gasteiger partial charge in [-0.3, -0.25) is 4.79 Å². The number of hydrogen-bond donors (Lipinski definition) is 0. The van der Waals surface area contributed by atoms with E-state index in [1.165, 1.54) is 56.1 Å². The Labute approximate surface area is 163 Å². The number of morpholine rings is 1. The van der Waals surface area contributed by atoms with Crippen LogP contribution < -0.4 is 0 Å². The molecule has 4 aliphatic carbocycles. The van der Waals surface area contributed by atoms with Gasteiger partial charge in [0.05, 0.1) is 19.1 Å². The fourth-order valence-electron chi connectivity index (χ4n) is 6.73. The van der Waals surface area contributed by atoms with E-state index in [9.17, 15) is 4.79 Å². The molecule has 0 bridgehead atoms. The molecule has 3 nitrogen and oxygen atoms in total. The molecule has 0 spiro atoms. The summed E-state index contributed by atoms with van der Waals surface area (Å²) >= 11 is 0. The molecule has 5 rings (SSSR count). The molecule has 5 atom stereocenters. The van der Waals surface area contributed by atoms with Crippen LogP contribution in [0.5, 0.6) is 0 Å². The number of hydrogen-bond acceptors (Lipinski definition) is 2. The first kappa shape index (κ1) is 17.7. The zero-order valence-electron chi connectivity index (χ0n) is 16.7. The second kappa shape index (κ2) is 7.24. The summed E-state index contributed by atoms with van der Waals surface area (Å²) in [5, 5.41) is 0. The van der Waals surface area contributed by atoms with E-state index in [2.05, 4.69) is 25.2 Å². The fraction of sp³-hybridized carbons (Fsp3) is 0.708. The maximum atomic E-state index is 13.1. The molecule has 146 valence electrons. The van der Waals surface area contributed by atoms with Gasteiger partial charge in [0, 0.05) is 13.1 Å². The van der Waals surface area contributed by atoms with Gasteiger partial charge in [-0.15, -0.1) is 0 Å². The largest absolute Gasteiger partial charge is 0.378 e. The molecule has 0 aromatic heterocycles. The van der Waals surface area contributed by atoms with Crippen LogP contribution in [0.3, 0.4) is 0 Å². The Bertz CT molecular complexity index is 697. The quantitative estimate of drug-likeness (QED) is 0.719. The summed E-state index contributed by atoms with van der Waals surface area (Å²) in [6, 6.07) is 0. The number of fused-ring (bicyclic) bond motifs is 5. The van der Waals surface area contributed by atoms with Crippen molar-refractivity contribution in [2.24, 2.45) is 29.6 Å². The van der Waals surface area contributed by atoms with E-state index in [1.807, 2.05) is 4.90 Å². The van der Waals surface area contributed by atoms with Crippen LogP contribution in [0.15, 0.2) is 34.9 Å². The van der Waals surface area contributed by atoms with Crippen molar-refractivity contribution in [1.82, 2.24) is 4.90 Å². The molecule has 1 amide bonds. The van der Waals surface area contributed by atoms with Crippen molar-refractivity contribution in [2.75, 3.05) is 26.3 Å². The number of amides is 1. The first-order valence-corrected chi connectivity index (χ1v) is 11.2. The Hall–Kier alpha value is -1.35. The topological polar surface area (TPSA) is 29.5 Å². The summed E-state index contributed by atoms with van der Waals surface area (Å²) in [6.07, 6.45) is 16.8. The van der Waals surface area contributed by atoms with Gasteiger partial charge in [-0.2, -0.15) is 0 Å². The monoisotopic (exact) mass is 367 g/mol. The van der Waals surface area contributed by atoms with E-state index in [0.29, 0.717) is 25.0 Å². The van der Waals surface area contributed by atoms with Gasteiger partial charge < -0.3 is 9.64 Å². The third-order valence-electron chi connectivity index (χ3n) is 8.09. The van der Waals surface area contributed by atoms with Gasteiger partial charge in [0.15, 0.2) is 0 Å². The summed E-state index contributed by atoms with van der Waals surface area (Å²) in [6.45, 7) is 4.98. The molecule has 5 aliphatic rings. The summed E-state index contributed by atoms with van der Waals surface area (Å²) in [4.78, 5) is 15.1. The molecular weight excluding hydrogens is 334 g/mol. The minimum Gasteiger partial charge on any atom is -0.378 e. The lowest BCUT2D eigenvalue weighted by Gasteiger charge is -2.48. The molecule has 3 fully saturated rings. The van der Waals surface area contributed by atoms with Crippen LogP contribution in [-0.2, 0) is 9.53 Å². The predicted octanol–water partition coefficient (Wildman–Crippen LogP) is 4.51. The maximum Gasteiger partial charge on any atom is 0.229 e. The number of ether oxygens (including phenoxy) is 1. The van der Waals surface area contributed by atoms with Gasteiger partial charge in [-0.05, 0) is 73.0 Å². The molecule has 1 heterocycles. The maximum absolute atomic E-state index is 13.1. The molecule has 0 N–H and O–H groups in total. The minimum atomic E-state index is -0.0249. The van der Waals surface area contributed by atoms with Crippen LogP contribution in [0.2, 0.25) is 0 Å². The van der Waals surface area contributed by atoms with E-state index >= 15 is 0 Å². The second-order valence-electron chi connectivity index (χ2n) is 9.31.